The summed E-state index contributed by atoms with van der Waals surface area (Å²) in [6, 6.07) is 0. The third-order valence-corrected chi connectivity index (χ3v) is 0.321. The van der Waals surface area contributed by atoms with Crippen molar-refractivity contribution >= 4 is 8.60 Å². The van der Waals surface area contributed by atoms with Gasteiger partial charge in [0.1, 0.15) is 0 Å². The highest BCUT2D eigenvalue weighted by Crippen LogP contribution is 2.35. The Morgan fingerprint density at radius 3 is 0.750 bits per heavy atom. The summed E-state index contributed by atoms with van der Waals surface area (Å²) in [5, 5.41) is 0. The molecule has 0 aliphatic heterocycles. The fourth-order valence-electron chi connectivity index (χ4n) is 0. The maximum atomic E-state index is 10.4. The van der Waals surface area contributed by atoms with Gasteiger partial charge in [-0.25, -0.2) is 0 Å². The van der Waals surface area contributed by atoms with E-state index >= 15 is 0 Å². The minimum absolute atomic E-state index is 2.62. The van der Waals surface area contributed by atoms with E-state index < -0.39 is 21.0 Å². The highest BCUT2D eigenvalue weighted by Gasteiger charge is 2.58. The maximum absolute atomic E-state index is 10.4. The molecule has 0 radical (unpaired) electrons. The zero-order valence-corrected chi connectivity index (χ0v) is 5.95. The summed E-state index contributed by atoms with van der Waals surface area (Å²) >= 11 is 0. The molecule has 0 atom stereocenters. The van der Waals surface area contributed by atoms with Crippen LogP contribution in [0.15, 0.2) is 0 Å². The molecule has 0 saturated heterocycles. The standard InChI is InChI=1S/C2F6.H3O3P/c3-1(4,5)2(6,7)8;1-4(2)3/h;1-3H. The van der Waals surface area contributed by atoms with Gasteiger partial charge in [-0.3, -0.25) is 0 Å². The fraction of sp³-hybridized carbons (Fsp3) is 1.00. The fourth-order valence-corrected chi connectivity index (χ4v) is 0. The number of hydrogen-bond acceptors (Lipinski definition) is 3. The molecule has 0 saturated carbocycles. The predicted octanol–water partition coefficient (Wildman–Crippen LogP) is 1.30. The van der Waals surface area contributed by atoms with Gasteiger partial charge in [0.15, 0.2) is 0 Å². The van der Waals surface area contributed by atoms with Crippen LogP contribution in [0.4, 0.5) is 26.3 Å². The van der Waals surface area contributed by atoms with E-state index in [0.717, 1.165) is 0 Å². The summed E-state index contributed by atoms with van der Waals surface area (Å²) in [4.78, 5) is 21.7. The molecular formula is C2H3F6O3P. The molecule has 0 heterocycles. The van der Waals surface area contributed by atoms with Crippen molar-refractivity contribution in [3.63, 3.8) is 0 Å². The minimum atomic E-state index is -6.06. The molecule has 0 fully saturated rings. The minimum Gasteiger partial charge on any atom is -0.328 e. The Morgan fingerprint density at radius 1 is 0.667 bits per heavy atom. The lowest BCUT2D eigenvalue weighted by Crippen LogP contribution is -2.30. The lowest BCUT2D eigenvalue weighted by atomic mass is 10.7. The Kier molecular flexibility index (Phi) is 5.77. The first-order valence-electron chi connectivity index (χ1n) is 1.98. The average molecular weight is 220 g/mol. The van der Waals surface area contributed by atoms with Crippen molar-refractivity contribution in [2.24, 2.45) is 0 Å². The first-order chi connectivity index (χ1) is 4.98. The molecule has 10 heteroatoms. The largest absolute Gasteiger partial charge is 0.487 e. The van der Waals surface area contributed by atoms with Crippen molar-refractivity contribution in [1.29, 1.82) is 0 Å². The van der Waals surface area contributed by atoms with E-state index in [-0.39, 0.29) is 0 Å². The second-order valence-electron chi connectivity index (χ2n) is 1.26. The van der Waals surface area contributed by atoms with Gasteiger partial charge in [0.05, 0.1) is 0 Å². The normalized spacial score (nSPS) is 12.5. The van der Waals surface area contributed by atoms with Crippen LogP contribution in [0.5, 0.6) is 0 Å². The van der Waals surface area contributed by atoms with Gasteiger partial charge >= 0.3 is 21.0 Å². The van der Waals surface area contributed by atoms with E-state index in [1.165, 1.54) is 0 Å². The second-order valence-corrected chi connectivity index (χ2v) is 1.80. The molecule has 0 bridgehead atoms. The van der Waals surface area contributed by atoms with Crippen LogP contribution in [0.1, 0.15) is 0 Å². The molecule has 0 spiro atoms. The van der Waals surface area contributed by atoms with Gasteiger partial charge in [-0.1, -0.05) is 0 Å². The first-order valence-corrected chi connectivity index (χ1v) is 3.18. The van der Waals surface area contributed by atoms with Crippen molar-refractivity contribution in [2.75, 3.05) is 0 Å². The van der Waals surface area contributed by atoms with E-state index in [0.29, 0.717) is 0 Å². The van der Waals surface area contributed by atoms with Crippen molar-refractivity contribution in [3.05, 3.63) is 0 Å². The first kappa shape index (κ1) is 14.4. The third-order valence-electron chi connectivity index (χ3n) is 0.321. The van der Waals surface area contributed by atoms with E-state index in [4.69, 9.17) is 14.7 Å². The van der Waals surface area contributed by atoms with Gasteiger partial charge in [0.2, 0.25) is 0 Å². The number of hydrogen-bond donors (Lipinski definition) is 3. The lowest BCUT2D eigenvalue weighted by molar-refractivity contribution is -0.339. The van der Waals surface area contributed by atoms with Crippen LogP contribution in [0.2, 0.25) is 0 Å². The highest BCUT2D eigenvalue weighted by molar-refractivity contribution is 7.38. The van der Waals surface area contributed by atoms with E-state index in [9.17, 15) is 26.3 Å². The molecule has 0 aromatic carbocycles. The molecule has 0 unspecified atom stereocenters. The van der Waals surface area contributed by atoms with Gasteiger partial charge in [-0.05, 0) is 0 Å². The maximum Gasteiger partial charge on any atom is 0.487 e. The zero-order valence-electron chi connectivity index (χ0n) is 5.06. The summed E-state index contributed by atoms with van der Waals surface area (Å²) in [5.41, 5.74) is 0. The van der Waals surface area contributed by atoms with Crippen LogP contribution < -0.4 is 0 Å². The van der Waals surface area contributed by atoms with Crippen LogP contribution in [0.3, 0.4) is 0 Å². The number of halogens is 6. The van der Waals surface area contributed by atoms with Gasteiger partial charge in [0, 0.05) is 0 Å². The molecule has 3 N–H and O–H groups in total. The summed E-state index contributed by atoms with van der Waals surface area (Å²) in [6.45, 7) is 0. The molecule has 0 amide bonds. The van der Waals surface area contributed by atoms with Crippen LogP contribution >= 0.6 is 8.60 Å². The Hall–Kier alpha value is -0.110. The van der Waals surface area contributed by atoms with Gasteiger partial charge < -0.3 is 14.7 Å². The number of alkyl halides is 6. The Morgan fingerprint density at radius 2 is 0.750 bits per heavy atom. The quantitative estimate of drug-likeness (QED) is 0.426. The molecule has 3 nitrogen and oxygen atoms in total. The van der Waals surface area contributed by atoms with Gasteiger partial charge in [-0.2, -0.15) is 26.3 Å². The summed E-state index contributed by atoms with van der Waals surface area (Å²) in [5.74, 6) is 0. The summed E-state index contributed by atoms with van der Waals surface area (Å²) in [6.07, 6.45) is -12.1. The highest BCUT2D eigenvalue weighted by atomic mass is 31.2. The molecule has 0 aliphatic rings. The van der Waals surface area contributed by atoms with Crippen molar-refractivity contribution in [3.8, 4) is 0 Å². The van der Waals surface area contributed by atoms with E-state index in [1.807, 2.05) is 0 Å². The van der Waals surface area contributed by atoms with Crippen LogP contribution in [0, 0.1) is 0 Å². The smallest absolute Gasteiger partial charge is 0.328 e. The Bertz CT molecular complexity index is 102. The molecule has 76 valence electrons. The second kappa shape index (κ2) is 4.80. The van der Waals surface area contributed by atoms with E-state index in [2.05, 4.69) is 0 Å². The number of rotatable bonds is 0. The molecule has 0 aliphatic carbocycles. The predicted molar refractivity (Wildman–Crippen MR) is 25.7 cm³/mol. The summed E-state index contributed by atoms with van der Waals surface area (Å²) in [7, 11) is -2.62. The van der Waals surface area contributed by atoms with Gasteiger partial charge in [-0.15, -0.1) is 0 Å². The average Bonchev–Trinajstić information content (AvgIpc) is 1.55. The topological polar surface area (TPSA) is 60.7 Å². The van der Waals surface area contributed by atoms with Crippen LogP contribution in [-0.2, 0) is 0 Å². The molecular weight excluding hydrogens is 217 g/mol. The van der Waals surface area contributed by atoms with Crippen molar-refractivity contribution in [2.45, 2.75) is 12.4 Å². The van der Waals surface area contributed by atoms with Crippen molar-refractivity contribution < 1.29 is 41.0 Å². The molecule has 12 heavy (non-hydrogen) atoms. The zero-order chi connectivity index (χ0) is 10.6. The van der Waals surface area contributed by atoms with Crippen LogP contribution in [0.25, 0.3) is 0 Å². The van der Waals surface area contributed by atoms with E-state index in [1.54, 1.807) is 0 Å². The summed E-state index contributed by atoms with van der Waals surface area (Å²) < 4.78 is 62.6. The molecule has 0 aromatic heterocycles. The van der Waals surface area contributed by atoms with Gasteiger partial charge in [0.25, 0.3) is 0 Å². The SMILES string of the molecule is FC(F)(F)C(F)(F)F.OP(O)O. The molecule has 0 rings (SSSR count). The third kappa shape index (κ3) is 9.89. The monoisotopic (exact) mass is 220 g/mol. The Balaban J connectivity index is 0. The lowest BCUT2D eigenvalue weighted by Gasteiger charge is -2.08. The Labute approximate surface area is 63.2 Å². The molecule has 0 aromatic rings. The van der Waals surface area contributed by atoms with Crippen molar-refractivity contribution in [1.82, 2.24) is 0 Å². The van der Waals surface area contributed by atoms with Crippen LogP contribution in [-0.4, -0.2) is 27.0 Å².